The van der Waals surface area contributed by atoms with Crippen molar-refractivity contribution in [3.63, 3.8) is 0 Å². The Morgan fingerprint density at radius 1 is 0.700 bits per heavy atom. The molecule has 2 N–H and O–H groups in total. The fraction of sp³-hybridized carbons (Fsp3) is 0. The van der Waals surface area contributed by atoms with E-state index in [1.54, 1.807) is 12.4 Å². The Morgan fingerprint density at radius 2 is 1.10 bits per heavy atom. The van der Waals surface area contributed by atoms with Crippen molar-refractivity contribution in [2.75, 3.05) is 10.6 Å². The number of ketones is 1. The fourth-order valence-corrected chi connectivity index (χ4v) is 1.56. The third kappa shape index (κ3) is 4.82. The molecule has 0 aliphatic heterocycles. The van der Waals surface area contributed by atoms with Crippen LogP contribution in [0.5, 0.6) is 0 Å². The van der Waals surface area contributed by atoms with Crippen LogP contribution in [0.3, 0.4) is 0 Å². The van der Waals surface area contributed by atoms with E-state index in [0.29, 0.717) is 0 Å². The lowest BCUT2D eigenvalue weighted by Crippen LogP contribution is -1.93. The van der Waals surface area contributed by atoms with Crippen molar-refractivity contribution < 1.29 is 4.79 Å². The van der Waals surface area contributed by atoms with Crippen LogP contribution in [-0.2, 0) is 4.79 Å². The minimum Gasteiger partial charge on any atom is -0.362 e. The van der Waals surface area contributed by atoms with E-state index >= 15 is 0 Å². The van der Waals surface area contributed by atoms with Gasteiger partial charge in [-0.15, -0.1) is 0 Å². The highest BCUT2D eigenvalue weighted by Crippen LogP contribution is 2.05. The third-order valence-corrected chi connectivity index (χ3v) is 2.54. The first-order valence-electron chi connectivity index (χ1n) is 6.35. The zero-order chi connectivity index (χ0) is 14.0. The number of hydrogen-bond acceptors (Lipinski definition) is 3. The van der Waals surface area contributed by atoms with Gasteiger partial charge >= 0.3 is 0 Å². The molecule has 3 nitrogen and oxygen atoms in total. The minimum absolute atomic E-state index is 0.0862. The second-order valence-electron chi connectivity index (χ2n) is 4.09. The Hall–Kier alpha value is -2.81. The highest BCUT2D eigenvalue weighted by Gasteiger charge is 1.89. The Balaban J connectivity index is 1.77. The van der Waals surface area contributed by atoms with E-state index in [1.165, 1.54) is 12.2 Å². The van der Waals surface area contributed by atoms with Crippen molar-refractivity contribution in [3.05, 3.63) is 85.2 Å². The standard InChI is InChI=1S/C17H16N2O/c20-17(11-13-18-15-7-3-1-4-8-15)12-14-19-16-9-5-2-6-10-16/h1-14,18-19H/b13-11+,14-12+. The third-order valence-electron chi connectivity index (χ3n) is 2.54. The average molecular weight is 264 g/mol. The summed E-state index contributed by atoms with van der Waals surface area (Å²) in [4.78, 5) is 11.6. The molecule has 100 valence electrons. The second kappa shape index (κ2) is 7.59. The number of carbonyl (C=O) groups is 1. The Labute approximate surface area is 118 Å². The maximum atomic E-state index is 11.6. The molecular weight excluding hydrogens is 248 g/mol. The van der Waals surface area contributed by atoms with Crippen molar-refractivity contribution in [1.29, 1.82) is 0 Å². The average Bonchev–Trinajstić information content (AvgIpc) is 2.49. The number of para-hydroxylation sites is 2. The number of allylic oxidation sites excluding steroid dienone is 2. The molecular formula is C17H16N2O. The molecule has 0 fully saturated rings. The van der Waals surface area contributed by atoms with Crippen molar-refractivity contribution >= 4 is 17.2 Å². The van der Waals surface area contributed by atoms with Crippen LogP contribution in [0.1, 0.15) is 0 Å². The zero-order valence-electron chi connectivity index (χ0n) is 11.0. The van der Waals surface area contributed by atoms with Crippen LogP contribution in [0.2, 0.25) is 0 Å². The largest absolute Gasteiger partial charge is 0.362 e. The first-order valence-corrected chi connectivity index (χ1v) is 6.35. The van der Waals surface area contributed by atoms with Gasteiger partial charge in [0.05, 0.1) is 0 Å². The molecule has 20 heavy (non-hydrogen) atoms. The summed E-state index contributed by atoms with van der Waals surface area (Å²) in [6.45, 7) is 0. The van der Waals surface area contributed by atoms with E-state index in [2.05, 4.69) is 10.6 Å². The van der Waals surface area contributed by atoms with Gasteiger partial charge in [0.2, 0.25) is 0 Å². The van der Waals surface area contributed by atoms with Crippen molar-refractivity contribution in [1.82, 2.24) is 0 Å². The molecule has 0 spiro atoms. The van der Waals surface area contributed by atoms with Crippen LogP contribution in [-0.4, -0.2) is 5.78 Å². The first-order chi connectivity index (χ1) is 9.84. The Kier molecular flexibility index (Phi) is 5.17. The molecule has 0 radical (unpaired) electrons. The van der Waals surface area contributed by atoms with Gasteiger partial charge in [0.15, 0.2) is 5.78 Å². The maximum Gasteiger partial charge on any atom is 0.181 e. The predicted octanol–water partition coefficient (Wildman–Crippen LogP) is 3.81. The topological polar surface area (TPSA) is 41.1 Å². The van der Waals surface area contributed by atoms with Crippen LogP contribution in [0.15, 0.2) is 85.2 Å². The van der Waals surface area contributed by atoms with E-state index in [4.69, 9.17) is 0 Å². The predicted molar refractivity (Wildman–Crippen MR) is 83.4 cm³/mol. The lowest BCUT2D eigenvalue weighted by molar-refractivity contribution is -0.110. The van der Waals surface area contributed by atoms with Gasteiger partial charge in [0.25, 0.3) is 0 Å². The molecule has 0 saturated carbocycles. The first kappa shape index (κ1) is 13.6. The summed E-state index contributed by atoms with van der Waals surface area (Å²) in [6, 6.07) is 19.3. The highest BCUT2D eigenvalue weighted by molar-refractivity contribution is 5.99. The van der Waals surface area contributed by atoms with Crippen LogP contribution in [0, 0.1) is 0 Å². The fourth-order valence-electron chi connectivity index (χ4n) is 1.56. The van der Waals surface area contributed by atoms with E-state index < -0.39 is 0 Å². The molecule has 2 aromatic carbocycles. The zero-order valence-corrected chi connectivity index (χ0v) is 11.0. The van der Waals surface area contributed by atoms with E-state index in [-0.39, 0.29) is 5.78 Å². The molecule has 0 heterocycles. The number of rotatable bonds is 6. The molecule has 0 aliphatic carbocycles. The number of benzene rings is 2. The quantitative estimate of drug-likeness (QED) is 0.780. The highest BCUT2D eigenvalue weighted by atomic mass is 16.1. The molecule has 2 aromatic rings. The van der Waals surface area contributed by atoms with Gasteiger partial charge < -0.3 is 10.6 Å². The van der Waals surface area contributed by atoms with Gasteiger partial charge in [-0.05, 0) is 24.3 Å². The summed E-state index contributed by atoms with van der Waals surface area (Å²) >= 11 is 0. The maximum absolute atomic E-state index is 11.6. The van der Waals surface area contributed by atoms with Crippen molar-refractivity contribution in [3.8, 4) is 0 Å². The molecule has 0 aliphatic rings. The van der Waals surface area contributed by atoms with Crippen LogP contribution < -0.4 is 10.6 Å². The van der Waals surface area contributed by atoms with Crippen molar-refractivity contribution in [2.45, 2.75) is 0 Å². The molecule has 0 saturated heterocycles. The van der Waals surface area contributed by atoms with E-state index in [1.807, 2.05) is 60.7 Å². The SMILES string of the molecule is O=C(/C=C/Nc1ccccc1)/C=C/Nc1ccccc1. The molecule has 0 bridgehead atoms. The summed E-state index contributed by atoms with van der Waals surface area (Å²) < 4.78 is 0. The van der Waals surface area contributed by atoms with Gasteiger partial charge in [0, 0.05) is 35.9 Å². The number of hydrogen-bond donors (Lipinski definition) is 2. The lowest BCUT2D eigenvalue weighted by atomic mass is 10.3. The number of anilines is 2. The molecule has 2 rings (SSSR count). The van der Waals surface area contributed by atoms with Crippen molar-refractivity contribution in [2.24, 2.45) is 0 Å². The van der Waals surface area contributed by atoms with Crippen LogP contribution in [0.25, 0.3) is 0 Å². The summed E-state index contributed by atoms with van der Waals surface area (Å²) in [5.41, 5.74) is 1.89. The molecule has 3 heteroatoms. The number of nitrogens with one attached hydrogen (secondary N) is 2. The monoisotopic (exact) mass is 264 g/mol. The molecule has 0 amide bonds. The second-order valence-corrected chi connectivity index (χ2v) is 4.09. The van der Waals surface area contributed by atoms with Gasteiger partial charge in [-0.1, -0.05) is 36.4 Å². The normalized spacial score (nSPS) is 10.8. The van der Waals surface area contributed by atoms with Gasteiger partial charge in [-0.25, -0.2) is 0 Å². The summed E-state index contributed by atoms with van der Waals surface area (Å²) in [7, 11) is 0. The molecule has 0 atom stereocenters. The summed E-state index contributed by atoms with van der Waals surface area (Å²) in [5.74, 6) is -0.0862. The van der Waals surface area contributed by atoms with E-state index in [0.717, 1.165) is 11.4 Å². The van der Waals surface area contributed by atoms with Gasteiger partial charge in [-0.3, -0.25) is 4.79 Å². The molecule has 0 unspecified atom stereocenters. The number of carbonyl (C=O) groups excluding carboxylic acids is 1. The minimum atomic E-state index is -0.0862. The van der Waals surface area contributed by atoms with Gasteiger partial charge in [-0.2, -0.15) is 0 Å². The van der Waals surface area contributed by atoms with Crippen LogP contribution in [0.4, 0.5) is 11.4 Å². The lowest BCUT2D eigenvalue weighted by Gasteiger charge is -1.98. The summed E-state index contributed by atoms with van der Waals surface area (Å²) in [6.07, 6.45) is 6.22. The summed E-state index contributed by atoms with van der Waals surface area (Å²) in [5, 5.41) is 6.06. The van der Waals surface area contributed by atoms with Crippen LogP contribution >= 0.6 is 0 Å². The van der Waals surface area contributed by atoms with E-state index in [9.17, 15) is 4.79 Å². The smallest absolute Gasteiger partial charge is 0.181 e. The Bertz CT molecular complexity index is 535. The Morgan fingerprint density at radius 3 is 1.50 bits per heavy atom. The molecule has 0 aromatic heterocycles. The van der Waals surface area contributed by atoms with Gasteiger partial charge in [0.1, 0.15) is 0 Å².